The van der Waals surface area contributed by atoms with Crippen molar-refractivity contribution in [2.45, 2.75) is 30.5 Å². The maximum Gasteiger partial charge on any atom is 0.277 e. The molecule has 0 aliphatic heterocycles. The van der Waals surface area contributed by atoms with Gasteiger partial charge in [-0.2, -0.15) is 0 Å². The van der Waals surface area contributed by atoms with E-state index in [-0.39, 0.29) is 11.7 Å². The van der Waals surface area contributed by atoms with Gasteiger partial charge in [0.05, 0.1) is 27.1 Å². The lowest BCUT2D eigenvalue weighted by atomic mass is 10.2. The van der Waals surface area contributed by atoms with Crippen LogP contribution in [0.25, 0.3) is 0 Å². The van der Waals surface area contributed by atoms with Crippen LogP contribution in [0.5, 0.6) is 17.2 Å². The second-order valence-electron chi connectivity index (χ2n) is 5.78. The van der Waals surface area contributed by atoms with Crippen molar-refractivity contribution in [2.75, 3.05) is 27.1 Å². The molecule has 1 fully saturated rings. The summed E-state index contributed by atoms with van der Waals surface area (Å²) in [5, 5.41) is 11.2. The Hall–Kier alpha value is -2.42. The average Bonchev–Trinajstić information content (AvgIpc) is 3.41. The minimum Gasteiger partial charge on any atom is -0.493 e. The smallest absolute Gasteiger partial charge is 0.277 e. The molecule has 3 rings (SSSR count). The van der Waals surface area contributed by atoms with Gasteiger partial charge in [-0.3, -0.25) is 4.79 Å². The third-order valence-electron chi connectivity index (χ3n) is 3.89. The summed E-state index contributed by atoms with van der Waals surface area (Å²) in [6.07, 6.45) is 2.20. The Kier molecular flexibility index (Phi) is 5.87. The van der Waals surface area contributed by atoms with E-state index >= 15 is 0 Å². The second-order valence-corrected chi connectivity index (χ2v) is 6.71. The molecule has 1 heterocycles. The Labute approximate surface area is 155 Å². The quantitative estimate of drug-likeness (QED) is 0.664. The maximum atomic E-state index is 12.1. The number of carbonyl (C=O) groups excluding carboxylic acids is 1. The first-order chi connectivity index (χ1) is 12.6. The lowest BCUT2D eigenvalue weighted by Crippen LogP contribution is -2.24. The molecule has 1 aromatic heterocycles. The number of thioether (sulfide) groups is 1. The Bertz CT molecular complexity index is 751. The lowest BCUT2D eigenvalue weighted by Gasteiger charge is -2.14. The fourth-order valence-corrected chi connectivity index (χ4v) is 2.99. The highest BCUT2D eigenvalue weighted by atomic mass is 32.2. The second kappa shape index (κ2) is 8.31. The number of hydrogen-bond donors (Lipinski definition) is 1. The van der Waals surface area contributed by atoms with E-state index < -0.39 is 0 Å². The number of amides is 1. The fraction of sp³-hybridized carbons (Fsp3) is 0.471. The van der Waals surface area contributed by atoms with Crippen LogP contribution in [-0.4, -0.2) is 43.2 Å². The van der Waals surface area contributed by atoms with Gasteiger partial charge in [0.2, 0.25) is 17.5 Å². The molecule has 1 aromatic carbocycles. The van der Waals surface area contributed by atoms with Gasteiger partial charge < -0.3 is 23.9 Å². The summed E-state index contributed by atoms with van der Waals surface area (Å²) in [5.41, 5.74) is 0.839. The van der Waals surface area contributed by atoms with Crippen LogP contribution in [0.3, 0.4) is 0 Å². The molecule has 0 saturated heterocycles. The Morgan fingerprint density at radius 1 is 1.19 bits per heavy atom. The summed E-state index contributed by atoms with van der Waals surface area (Å²) in [5.74, 6) is 2.76. The molecule has 1 N–H and O–H groups in total. The number of rotatable bonds is 9. The molecule has 0 unspecified atom stereocenters. The van der Waals surface area contributed by atoms with Crippen molar-refractivity contribution >= 4 is 17.7 Å². The highest BCUT2D eigenvalue weighted by molar-refractivity contribution is 7.99. The molecule has 140 valence electrons. The zero-order valence-corrected chi connectivity index (χ0v) is 15.7. The SMILES string of the molecule is COc1cc(CNC(=O)CSc2nnc(C3CC3)o2)cc(OC)c1OC. The molecule has 2 aromatic rings. The van der Waals surface area contributed by atoms with Gasteiger partial charge in [-0.25, -0.2) is 0 Å². The van der Waals surface area contributed by atoms with Crippen molar-refractivity contribution < 1.29 is 23.4 Å². The monoisotopic (exact) mass is 379 g/mol. The highest BCUT2D eigenvalue weighted by Crippen LogP contribution is 2.40. The fourth-order valence-electron chi connectivity index (χ4n) is 2.39. The van der Waals surface area contributed by atoms with Crippen molar-refractivity contribution in [2.24, 2.45) is 0 Å². The van der Waals surface area contributed by atoms with Gasteiger partial charge in [0.25, 0.3) is 5.22 Å². The maximum absolute atomic E-state index is 12.1. The molecular weight excluding hydrogens is 358 g/mol. The number of carbonyl (C=O) groups is 1. The molecular formula is C17H21N3O5S. The van der Waals surface area contributed by atoms with Crippen LogP contribution in [-0.2, 0) is 11.3 Å². The molecule has 8 nitrogen and oxygen atoms in total. The first-order valence-corrected chi connectivity index (χ1v) is 9.15. The Morgan fingerprint density at radius 2 is 1.88 bits per heavy atom. The molecule has 1 aliphatic rings. The number of nitrogens with one attached hydrogen (secondary N) is 1. The van der Waals surface area contributed by atoms with E-state index in [0.29, 0.717) is 40.8 Å². The van der Waals surface area contributed by atoms with Crippen LogP contribution in [0.4, 0.5) is 0 Å². The van der Waals surface area contributed by atoms with E-state index in [1.165, 1.54) is 11.8 Å². The number of hydrogen-bond acceptors (Lipinski definition) is 8. The van der Waals surface area contributed by atoms with Crippen LogP contribution in [0, 0.1) is 0 Å². The van der Waals surface area contributed by atoms with E-state index in [1.54, 1.807) is 33.5 Å². The molecule has 0 spiro atoms. The molecule has 0 atom stereocenters. The van der Waals surface area contributed by atoms with Crippen LogP contribution in [0.15, 0.2) is 21.8 Å². The number of methoxy groups -OCH3 is 3. The molecule has 1 aliphatic carbocycles. The molecule has 1 saturated carbocycles. The molecule has 9 heteroatoms. The van der Waals surface area contributed by atoms with E-state index in [1.807, 2.05) is 0 Å². The summed E-state index contributed by atoms with van der Waals surface area (Å²) in [7, 11) is 4.65. The molecule has 0 radical (unpaired) electrons. The van der Waals surface area contributed by atoms with Gasteiger partial charge in [-0.1, -0.05) is 11.8 Å². The van der Waals surface area contributed by atoms with Gasteiger partial charge >= 0.3 is 0 Å². The van der Waals surface area contributed by atoms with Crippen LogP contribution in [0.1, 0.15) is 30.2 Å². The zero-order chi connectivity index (χ0) is 18.5. The number of ether oxygens (including phenoxy) is 3. The van der Waals surface area contributed by atoms with Crippen molar-refractivity contribution in [3.63, 3.8) is 0 Å². The van der Waals surface area contributed by atoms with Crippen molar-refractivity contribution in [3.05, 3.63) is 23.6 Å². The van der Waals surface area contributed by atoms with E-state index in [9.17, 15) is 4.79 Å². The largest absolute Gasteiger partial charge is 0.493 e. The third-order valence-corrected chi connectivity index (χ3v) is 4.71. The minimum absolute atomic E-state index is 0.130. The van der Waals surface area contributed by atoms with Crippen LogP contribution < -0.4 is 19.5 Å². The summed E-state index contributed by atoms with van der Waals surface area (Å²) in [6.45, 7) is 0.341. The van der Waals surface area contributed by atoms with E-state index in [4.69, 9.17) is 18.6 Å². The van der Waals surface area contributed by atoms with E-state index in [2.05, 4.69) is 15.5 Å². The standard InChI is InChI=1S/C17H21N3O5S/c1-22-12-6-10(7-13(23-2)15(12)24-3)8-18-14(21)9-26-17-20-19-16(25-17)11-4-5-11/h6-7,11H,4-5,8-9H2,1-3H3,(H,18,21). The average molecular weight is 379 g/mol. The van der Waals surface area contributed by atoms with Gasteiger partial charge in [-0.15, -0.1) is 10.2 Å². The lowest BCUT2D eigenvalue weighted by molar-refractivity contribution is -0.118. The first-order valence-electron chi connectivity index (χ1n) is 8.16. The minimum atomic E-state index is -0.130. The Morgan fingerprint density at radius 3 is 2.46 bits per heavy atom. The summed E-state index contributed by atoms with van der Waals surface area (Å²) >= 11 is 1.23. The zero-order valence-electron chi connectivity index (χ0n) is 14.9. The first kappa shape index (κ1) is 18.4. The van der Waals surface area contributed by atoms with Crippen molar-refractivity contribution in [1.82, 2.24) is 15.5 Å². The normalized spacial score (nSPS) is 13.3. The van der Waals surface area contributed by atoms with Gasteiger partial charge in [0.15, 0.2) is 11.5 Å². The number of nitrogens with zero attached hydrogens (tertiary/aromatic N) is 2. The predicted molar refractivity (Wildman–Crippen MR) is 94.9 cm³/mol. The predicted octanol–water partition coefficient (Wildman–Crippen LogP) is 2.38. The van der Waals surface area contributed by atoms with Crippen molar-refractivity contribution in [3.8, 4) is 17.2 Å². The summed E-state index contributed by atoms with van der Waals surface area (Å²) in [4.78, 5) is 12.1. The van der Waals surface area contributed by atoms with Crippen LogP contribution >= 0.6 is 11.8 Å². The van der Waals surface area contributed by atoms with Gasteiger partial charge in [0, 0.05) is 12.5 Å². The van der Waals surface area contributed by atoms with Gasteiger partial charge in [-0.05, 0) is 30.5 Å². The Balaban J connectivity index is 1.53. The number of benzene rings is 1. The van der Waals surface area contributed by atoms with Crippen molar-refractivity contribution in [1.29, 1.82) is 0 Å². The summed E-state index contributed by atoms with van der Waals surface area (Å²) in [6, 6.07) is 3.60. The topological polar surface area (TPSA) is 95.7 Å². The van der Waals surface area contributed by atoms with Crippen LogP contribution in [0.2, 0.25) is 0 Å². The molecule has 0 bridgehead atoms. The van der Waals surface area contributed by atoms with E-state index in [0.717, 1.165) is 18.4 Å². The molecule has 1 amide bonds. The molecule has 26 heavy (non-hydrogen) atoms. The highest BCUT2D eigenvalue weighted by Gasteiger charge is 2.29. The summed E-state index contributed by atoms with van der Waals surface area (Å²) < 4.78 is 21.4. The number of aromatic nitrogens is 2. The third kappa shape index (κ3) is 4.40. The van der Waals surface area contributed by atoms with Gasteiger partial charge in [0.1, 0.15) is 0 Å².